The minimum atomic E-state index is 0.0120. The van der Waals surface area contributed by atoms with Gasteiger partial charge in [0.15, 0.2) is 0 Å². The number of hydrogen-bond acceptors (Lipinski definition) is 4. The predicted octanol–water partition coefficient (Wildman–Crippen LogP) is 1.11. The molecule has 6 heteroatoms. The topological polar surface area (TPSA) is 58.1 Å². The van der Waals surface area contributed by atoms with Crippen LogP contribution in [0, 0.1) is 0 Å². The molecule has 1 aliphatic rings. The normalized spacial score (nSPS) is 16.8. The second kappa shape index (κ2) is 5.31. The minimum absolute atomic E-state index is 0.0120. The summed E-state index contributed by atoms with van der Waals surface area (Å²) in [5.74, 6) is 0.176. The van der Waals surface area contributed by atoms with E-state index < -0.39 is 0 Å². The van der Waals surface area contributed by atoms with E-state index >= 15 is 0 Å². The molecule has 1 amide bonds. The Hall–Kier alpha value is -1.39. The second-order valence-corrected chi connectivity index (χ2v) is 5.97. The van der Waals surface area contributed by atoms with E-state index in [0.717, 1.165) is 42.7 Å². The molecule has 0 unspecified atom stereocenters. The molecular weight excluding hydrogens is 307 g/mol. The zero-order valence-electron chi connectivity index (χ0n) is 10.8. The first-order valence-electron chi connectivity index (χ1n) is 6.47. The van der Waals surface area contributed by atoms with Crippen LogP contribution in [0.4, 0.5) is 5.69 Å². The standard InChI is InChI=1S/C13H16N4OSe/c1-9(18)17-7-5-10(6-8-17)14-11-3-2-4-12-13(11)16-19-15-12/h2-4,10,14H,5-8H2,1H3. The first-order chi connectivity index (χ1) is 9.24. The molecule has 19 heavy (non-hydrogen) atoms. The van der Waals surface area contributed by atoms with Gasteiger partial charge in [0.2, 0.25) is 0 Å². The Morgan fingerprint density at radius 3 is 2.89 bits per heavy atom. The summed E-state index contributed by atoms with van der Waals surface area (Å²) in [5, 5.41) is 3.56. The molecule has 5 nitrogen and oxygen atoms in total. The molecule has 1 N–H and O–H groups in total. The molecule has 3 rings (SSSR count). The van der Waals surface area contributed by atoms with Gasteiger partial charge in [-0.05, 0) is 0 Å². The molecule has 0 bridgehead atoms. The van der Waals surface area contributed by atoms with Crippen molar-refractivity contribution in [1.29, 1.82) is 0 Å². The van der Waals surface area contributed by atoms with Gasteiger partial charge in [-0.15, -0.1) is 0 Å². The number of anilines is 1. The molecule has 0 saturated carbocycles. The van der Waals surface area contributed by atoms with Crippen LogP contribution in [-0.4, -0.2) is 52.9 Å². The molecule has 2 heterocycles. The molecule has 1 fully saturated rings. The summed E-state index contributed by atoms with van der Waals surface area (Å²) >= 11 is 0.0120. The number of benzene rings is 1. The third-order valence-electron chi connectivity index (χ3n) is 3.59. The van der Waals surface area contributed by atoms with Crippen molar-refractivity contribution in [2.24, 2.45) is 0 Å². The van der Waals surface area contributed by atoms with Crippen LogP contribution in [0.5, 0.6) is 0 Å². The van der Waals surface area contributed by atoms with E-state index in [-0.39, 0.29) is 20.9 Å². The van der Waals surface area contributed by atoms with E-state index in [1.54, 1.807) is 6.92 Å². The van der Waals surface area contributed by atoms with Gasteiger partial charge in [-0.1, -0.05) is 0 Å². The SMILES string of the molecule is CC(=O)N1CCC(Nc2cccc3n[se]nc23)CC1. The number of amides is 1. The van der Waals surface area contributed by atoms with Gasteiger partial charge in [0.1, 0.15) is 0 Å². The fraction of sp³-hybridized carbons (Fsp3) is 0.462. The number of nitrogens with zero attached hydrogens (tertiary/aromatic N) is 3. The molecule has 0 aliphatic carbocycles. The van der Waals surface area contributed by atoms with Crippen molar-refractivity contribution >= 4 is 37.6 Å². The molecule has 1 aromatic carbocycles. The average molecular weight is 323 g/mol. The van der Waals surface area contributed by atoms with Crippen LogP contribution in [0.2, 0.25) is 0 Å². The maximum absolute atomic E-state index is 11.3. The van der Waals surface area contributed by atoms with Crippen molar-refractivity contribution in [1.82, 2.24) is 12.9 Å². The van der Waals surface area contributed by atoms with Crippen LogP contribution in [-0.2, 0) is 4.79 Å². The van der Waals surface area contributed by atoms with E-state index in [0.29, 0.717) is 6.04 Å². The average Bonchev–Trinajstić information content (AvgIpc) is 2.89. The molecular formula is C13H16N4OSe. The molecule has 1 saturated heterocycles. The number of fused-ring (bicyclic) bond motifs is 1. The van der Waals surface area contributed by atoms with Gasteiger partial charge in [0.25, 0.3) is 0 Å². The zero-order valence-corrected chi connectivity index (χ0v) is 12.5. The van der Waals surface area contributed by atoms with E-state index in [2.05, 4.69) is 19.3 Å². The third-order valence-corrected chi connectivity index (χ3v) is 4.72. The Labute approximate surface area is 118 Å². The Kier molecular flexibility index (Phi) is 3.53. The second-order valence-electron chi connectivity index (χ2n) is 4.86. The molecule has 1 aromatic heterocycles. The summed E-state index contributed by atoms with van der Waals surface area (Å²) in [7, 11) is 0. The molecule has 0 radical (unpaired) electrons. The number of carbonyl (C=O) groups is 1. The first kappa shape index (κ1) is 12.6. The Balaban J connectivity index is 1.69. The summed E-state index contributed by atoms with van der Waals surface area (Å²) in [4.78, 5) is 13.2. The maximum atomic E-state index is 11.3. The molecule has 2 aromatic rings. The van der Waals surface area contributed by atoms with Gasteiger partial charge in [-0.2, -0.15) is 0 Å². The number of nitrogens with one attached hydrogen (secondary N) is 1. The van der Waals surface area contributed by atoms with Crippen molar-refractivity contribution in [3.8, 4) is 0 Å². The van der Waals surface area contributed by atoms with E-state index in [4.69, 9.17) is 0 Å². The van der Waals surface area contributed by atoms with Crippen molar-refractivity contribution in [2.45, 2.75) is 25.8 Å². The van der Waals surface area contributed by atoms with Crippen LogP contribution >= 0.6 is 0 Å². The number of rotatable bonds is 2. The van der Waals surface area contributed by atoms with Gasteiger partial charge in [0.05, 0.1) is 0 Å². The first-order valence-corrected chi connectivity index (χ1v) is 8.00. The van der Waals surface area contributed by atoms with Crippen LogP contribution < -0.4 is 5.32 Å². The van der Waals surface area contributed by atoms with Crippen LogP contribution in [0.1, 0.15) is 19.8 Å². The Morgan fingerprint density at radius 2 is 2.16 bits per heavy atom. The summed E-state index contributed by atoms with van der Waals surface area (Å²) in [6.45, 7) is 3.32. The summed E-state index contributed by atoms with van der Waals surface area (Å²) < 4.78 is 8.87. The Bertz CT molecular complexity index is 589. The zero-order chi connectivity index (χ0) is 13.2. The number of likely N-dealkylation sites (tertiary alicyclic amines) is 1. The quantitative estimate of drug-likeness (QED) is 0.841. The fourth-order valence-electron chi connectivity index (χ4n) is 2.48. The number of aromatic nitrogens is 2. The van der Waals surface area contributed by atoms with Gasteiger partial charge in [-0.3, -0.25) is 0 Å². The van der Waals surface area contributed by atoms with Gasteiger partial charge in [0, 0.05) is 0 Å². The molecule has 1 aliphatic heterocycles. The number of hydrogen-bond donors (Lipinski definition) is 1. The summed E-state index contributed by atoms with van der Waals surface area (Å²) in [6, 6.07) is 6.52. The van der Waals surface area contributed by atoms with Crippen LogP contribution in [0.25, 0.3) is 11.0 Å². The Morgan fingerprint density at radius 1 is 1.37 bits per heavy atom. The molecule has 0 atom stereocenters. The monoisotopic (exact) mass is 324 g/mol. The van der Waals surface area contributed by atoms with Crippen molar-refractivity contribution < 1.29 is 4.79 Å². The third kappa shape index (κ3) is 2.65. The van der Waals surface area contributed by atoms with Gasteiger partial charge >= 0.3 is 118 Å². The van der Waals surface area contributed by atoms with E-state index in [1.807, 2.05) is 17.0 Å². The van der Waals surface area contributed by atoms with Crippen molar-refractivity contribution in [3.05, 3.63) is 18.2 Å². The fourth-order valence-corrected chi connectivity index (χ4v) is 3.63. The molecule has 0 spiro atoms. The van der Waals surface area contributed by atoms with E-state index in [9.17, 15) is 4.79 Å². The summed E-state index contributed by atoms with van der Waals surface area (Å²) in [6.07, 6.45) is 1.98. The van der Waals surface area contributed by atoms with Crippen molar-refractivity contribution in [3.63, 3.8) is 0 Å². The van der Waals surface area contributed by atoms with E-state index in [1.165, 1.54) is 0 Å². The predicted molar refractivity (Wildman–Crippen MR) is 75.4 cm³/mol. The molecule has 100 valence electrons. The summed E-state index contributed by atoms with van der Waals surface area (Å²) in [5.41, 5.74) is 3.10. The van der Waals surface area contributed by atoms with Crippen molar-refractivity contribution in [2.75, 3.05) is 18.4 Å². The van der Waals surface area contributed by atoms with Crippen LogP contribution in [0.15, 0.2) is 18.2 Å². The number of piperidine rings is 1. The van der Waals surface area contributed by atoms with Gasteiger partial charge in [-0.25, -0.2) is 0 Å². The van der Waals surface area contributed by atoms with Crippen LogP contribution in [0.3, 0.4) is 0 Å². The van der Waals surface area contributed by atoms with Gasteiger partial charge < -0.3 is 0 Å². The number of carbonyl (C=O) groups excluding carboxylic acids is 1.